The molecule has 20 heavy (non-hydrogen) atoms. The Balaban J connectivity index is 2.07. The minimum Gasteiger partial charge on any atom is -0.494 e. The lowest BCUT2D eigenvalue weighted by molar-refractivity contribution is 0.103. The Kier molecular flexibility index (Phi) is 4.88. The highest BCUT2D eigenvalue weighted by Gasteiger charge is 2.09. The second-order valence-corrected chi connectivity index (χ2v) is 4.57. The van der Waals surface area contributed by atoms with E-state index in [2.05, 4.69) is 6.92 Å². The Hall–Kier alpha value is -2.16. The predicted molar refractivity (Wildman–Crippen MR) is 76.7 cm³/mol. The summed E-state index contributed by atoms with van der Waals surface area (Å²) in [6.07, 6.45) is 2.08. The van der Waals surface area contributed by atoms with Gasteiger partial charge >= 0.3 is 0 Å². The first-order valence-corrected chi connectivity index (χ1v) is 6.74. The van der Waals surface area contributed by atoms with Crippen molar-refractivity contribution in [3.63, 3.8) is 0 Å². The van der Waals surface area contributed by atoms with E-state index in [4.69, 9.17) is 4.74 Å². The van der Waals surface area contributed by atoms with Crippen LogP contribution in [0.15, 0.2) is 48.5 Å². The number of hydrogen-bond acceptors (Lipinski definition) is 2. The fourth-order valence-corrected chi connectivity index (χ4v) is 1.83. The molecule has 2 aromatic carbocycles. The number of unbranched alkanes of at least 4 members (excludes halogenated alkanes) is 1. The van der Waals surface area contributed by atoms with Gasteiger partial charge < -0.3 is 4.74 Å². The van der Waals surface area contributed by atoms with Gasteiger partial charge in [-0.25, -0.2) is 4.39 Å². The van der Waals surface area contributed by atoms with Crippen molar-refractivity contribution in [1.82, 2.24) is 0 Å². The van der Waals surface area contributed by atoms with E-state index >= 15 is 0 Å². The molecule has 0 bridgehead atoms. The van der Waals surface area contributed by atoms with Crippen molar-refractivity contribution < 1.29 is 13.9 Å². The van der Waals surface area contributed by atoms with E-state index in [0.717, 1.165) is 18.6 Å². The van der Waals surface area contributed by atoms with Gasteiger partial charge in [0.25, 0.3) is 0 Å². The third-order valence-corrected chi connectivity index (χ3v) is 2.97. The highest BCUT2D eigenvalue weighted by Crippen LogP contribution is 2.16. The number of rotatable bonds is 6. The van der Waals surface area contributed by atoms with E-state index < -0.39 is 5.82 Å². The van der Waals surface area contributed by atoms with Gasteiger partial charge in [-0.3, -0.25) is 4.79 Å². The summed E-state index contributed by atoms with van der Waals surface area (Å²) in [7, 11) is 0. The van der Waals surface area contributed by atoms with Crippen molar-refractivity contribution in [2.45, 2.75) is 19.8 Å². The van der Waals surface area contributed by atoms with Gasteiger partial charge in [-0.15, -0.1) is 0 Å². The van der Waals surface area contributed by atoms with E-state index in [1.165, 1.54) is 18.2 Å². The molecule has 0 saturated carbocycles. The fraction of sp³-hybridized carbons (Fsp3) is 0.235. The van der Waals surface area contributed by atoms with Gasteiger partial charge in [0.05, 0.1) is 6.61 Å². The monoisotopic (exact) mass is 272 g/mol. The predicted octanol–water partition coefficient (Wildman–Crippen LogP) is 4.24. The molecule has 3 heteroatoms. The molecule has 2 aromatic rings. The lowest BCUT2D eigenvalue weighted by atomic mass is 10.0. The van der Waals surface area contributed by atoms with Crippen LogP contribution >= 0.6 is 0 Å². The standard InChI is InChI=1S/C17H17FO2/c1-2-3-11-20-16-9-7-13(8-10-16)17(19)14-5-4-6-15(18)12-14/h4-10,12H,2-3,11H2,1H3. The average Bonchev–Trinajstić information content (AvgIpc) is 2.47. The molecule has 2 rings (SSSR count). The highest BCUT2D eigenvalue weighted by atomic mass is 19.1. The van der Waals surface area contributed by atoms with Gasteiger partial charge in [0.1, 0.15) is 11.6 Å². The summed E-state index contributed by atoms with van der Waals surface area (Å²) < 4.78 is 18.6. The number of ether oxygens (including phenoxy) is 1. The highest BCUT2D eigenvalue weighted by molar-refractivity contribution is 6.09. The lowest BCUT2D eigenvalue weighted by Gasteiger charge is -2.06. The van der Waals surface area contributed by atoms with E-state index in [1.807, 2.05) is 0 Å². The van der Waals surface area contributed by atoms with Gasteiger partial charge in [-0.05, 0) is 42.8 Å². The van der Waals surface area contributed by atoms with E-state index in [-0.39, 0.29) is 5.78 Å². The van der Waals surface area contributed by atoms with E-state index in [0.29, 0.717) is 17.7 Å². The molecule has 0 aliphatic heterocycles. The quantitative estimate of drug-likeness (QED) is 0.581. The molecule has 0 aliphatic rings. The first kappa shape index (κ1) is 14.3. The molecule has 0 aromatic heterocycles. The van der Waals surface area contributed by atoms with E-state index in [1.54, 1.807) is 30.3 Å². The molecule has 0 saturated heterocycles. The van der Waals surface area contributed by atoms with Crippen molar-refractivity contribution in [1.29, 1.82) is 0 Å². The topological polar surface area (TPSA) is 26.3 Å². The second kappa shape index (κ2) is 6.85. The molecular weight excluding hydrogens is 255 g/mol. The van der Waals surface area contributed by atoms with Crippen molar-refractivity contribution in [3.05, 3.63) is 65.5 Å². The summed E-state index contributed by atoms with van der Waals surface area (Å²) in [4.78, 5) is 12.2. The Morgan fingerprint density at radius 3 is 2.50 bits per heavy atom. The average molecular weight is 272 g/mol. The van der Waals surface area contributed by atoms with Crippen molar-refractivity contribution in [2.24, 2.45) is 0 Å². The summed E-state index contributed by atoms with van der Waals surface area (Å²) in [5.41, 5.74) is 0.878. The van der Waals surface area contributed by atoms with Crippen LogP contribution in [0.3, 0.4) is 0 Å². The van der Waals surface area contributed by atoms with Crippen LogP contribution in [0.4, 0.5) is 4.39 Å². The minimum atomic E-state index is -0.407. The first-order chi connectivity index (χ1) is 9.70. The lowest BCUT2D eigenvalue weighted by Crippen LogP contribution is -2.02. The Labute approximate surface area is 118 Å². The van der Waals surface area contributed by atoms with Gasteiger partial charge in [0, 0.05) is 11.1 Å². The molecule has 2 nitrogen and oxygen atoms in total. The third kappa shape index (κ3) is 3.67. The molecule has 0 unspecified atom stereocenters. The molecule has 104 valence electrons. The Morgan fingerprint density at radius 1 is 1.10 bits per heavy atom. The largest absolute Gasteiger partial charge is 0.494 e. The summed E-state index contributed by atoms with van der Waals surface area (Å²) in [6.45, 7) is 2.78. The van der Waals surface area contributed by atoms with Crippen LogP contribution in [-0.2, 0) is 0 Å². The number of halogens is 1. The van der Waals surface area contributed by atoms with Gasteiger partial charge in [0.2, 0.25) is 0 Å². The molecule has 0 aliphatic carbocycles. The van der Waals surface area contributed by atoms with Crippen LogP contribution in [0.2, 0.25) is 0 Å². The molecule has 0 N–H and O–H groups in total. The molecular formula is C17H17FO2. The SMILES string of the molecule is CCCCOc1ccc(C(=O)c2cccc(F)c2)cc1. The van der Waals surface area contributed by atoms with Gasteiger partial charge in [-0.1, -0.05) is 25.5 Å². The van der Waals surface area contributed by atoms with Gasteiger partial charge in [-0.2, -0.15) is 0 Å². The molecule has 0 radical (unpaired) electrons. The molecule has 0 amide bonds. The maximum absolute atomic E-state index is 13.1. The van der Waals surface area contributed by atoms with Crippen LogP contribution in [0, 0.1) is 5.82 Å². The molecule has 0 spiro atoms. The number of hydrogen-bond donors (Lipinski definition) is 0. The molecule has 0 heterocycles. The summed E-state index contributed by atoms with van der Waals surface area (Å²) in [5.74, 6) is 0.147. The number of ketones is 1. The molecule has 0 atom stereocenters. The van der Waals surface area contributed by atoms with Crippen LogP contribution in [0.1, 0.15) is 35.7 Å². The van der Waals surface area contributed by atoms with Crippen molar-refractivity contribution in [2.75, 3.05) is 6.61 Å². The maximum Gasteiger partial charge on any atom is 0.193 e. The fourth-order valence-electron chi connectivity index (χ4n) is 1.83. The van der Waals surface area contributed by atoms with Gasteiger partial charge in [0.15, 0.2) is 5.78 Å². The van der Waals surface area contributed by atoms with Crippen LogP contribution in [-0.4, -0.2) is 12.4 Å². The van der Waals surface area contributed by atoms with Crippen molar-refractivity contribution >= 4 is 5.78 Å². The molecule has 0 fully saturated rings. The smallest absolute Gasteiger partial charge is 0.193 e. The second-order valence-electron chi connectivity index (χ2n) is 4.57. The van der Waals surface area contributed by atoms with Crippen LogP contribution in [0.5, 0.6) is 5.75 Å². The summed E-state index contributed by atoms with van der Waals surface area (Å²) >= 11 is 0. The van der Waals surface area contributed by atoms with Crippen LogP contribution < -0.4 is 4.74 Å². The number of carbonyl (C=O) groups excluding carboxylic acids is 1. The third-order valence-electron chi connectivity index (χ3n) is 2.97. The number of benzene rings is 2. The first-order valence-electron chi connectivity index (χ1n) is 6.74. The zero-order chi connectivity index (χ0) is 14.4. The normalized spacial score (nSPS) is 10.3. The maximum atomic E-state index is 13.1. The van der Waals surface area contributed by atoms with Crippen LogP contribution in [0.25, 0.3) is 0 Å². The Morgan fingerprint density at radius 2 is 1.85 bits per heavy atom. The summed E-state index contributed by atoms with van der Waals surface area (Å²) in [6, 6.07) is 12.6. The van der Waals surface area contributed by atoms with Crippen molar-refractivity contribution in [3.8, 4) is 5.75 Å². The zero-order valence-electron chi connectivity index (χ0n) is 11.4. The summed E-state index contributed by atoms with van der Waals surface area (Å²) in [5, 5.41) is 0. The van der Waals surface area contributed by atoms with E-state index in [9.17, 15) is 9.18 Å². The minimum absolute atomic E-state index is 0.190. The number of carbonyl (C=O) groups is 1. The Bertz CT molecular complexity index is 576. The zero-order valence-corrected chi connectivity index (χ0v) is 11.4.